The highest BCUT2D eigenvalue weighted by Gasteiger charge is 2.08. The predicted molar refractivity (Wildman–Crippen MR) is 109 cm³/mol. The van der Waals surface area contributed by atoms with E-state index in [1.54, 1.807) is 0 Å². The second-order valence-electron chi connectivity index (χ2n) is 6.68. The first-order valence-corrected chi connectivity index (χ1v) is 8.92. The van der Waals surface area contributed by atoms with E-state index in [0.29, 0.717) is 18.1 Å². The highest BCUT2D eigenvalue weighted by Crippen LogP contribution is 2.13. The Balaban J connectivity index is 1.95. The molecule has 5 heteroatoms. The predicted octanol–water partition coefficient (Wildman–Crippen LogP) is 3.76. The fourth-order valence-electron chi connectivity index (χ4n) is 2.58. The molecular formula is C21H28N4O. The normalized spacial score (nSPS) is 12.5. The highest BCUT2D eigenvalue weighted by molar-refractivity contribution is 5.94. The zero-order valence-electron chi connectivity index (χ0n) is 16.0. The molecule has 1 atom stereocenters. The summed E-state index contributed by atoms with van der Waals surface area (Å²) >= 11 is 0. The van der Waals surface area contributed by atoms with Crippen LogP contribution in [0, 0.1) is 13.8 Å². The summed E-state index contributed by atoms with van der Waals surface area (Å²) < 4.78 is 0. The van der Waals surface area contributed by atoms with Gasteiger partial charge in [0.2, 0.25) is 0 Å². The maximum Gasteiger partial charge on any atom is 0.251 e. The van der Waals surface area contributed by atoms with Crippen LogP contribution in [0.5, 0.6) is 0 Å². The van der Waals surface area contributed by atoms with Gasteiger partial charge in [-0.05, 0) is 68.1 Å². The van der Waals surface area contributed by atoms with Crippen molar-refractivity contribution in [3.8, 4) is 0 Å². The second kappa shape index (κ2) is 9.04. The van der Waals surface area contributed by atoms with Crippen molar-refractivity contribution in [3.63, 3.8) is 0 Å². The second-order valence-corrected chi connectivity index (χ2v) is 6.68. The van der Waals surface area contributed by atoms with Crippen molar-refractivity contribution in [2.24, 2.45) is 10.7 Å². The number of hydrogen-bond acceptors (Lipinski definition) is 2. The number of aliphatic imine (C=N–C) groups is 1. The van der Waals surface area contributed by atoms with Crippen molar-refractivity contribution in [1.29, 1.82) is 0 Å². The first-order chi connectivity index (χ1) is 12.4. The SMILES string of the molecule is CCC(C)NC(=O)c1ccc(CN=C(N)Nc2cc(C)cc(C)c2)cc1. The Morgan fingerprint density at radius 1 is 1.12 bits per heavy atom. The topological polar surface area (TPSA) is 79.5 Å². The molecule has 0 heterocycles. The summed E-state index contributed by atoms with van der Waals surface area (Å²) in [5.74, 6) is 0.319. The van der Waals surface area contributed by atoms with E-state index in [4.69, 9.17) is 5.73 Å². The third kappa shape index (κ3) is 5.92. The molecule has 2 aromatic carbocycles. The van der Waals surface area contributed by atoms with Crippen LogP contribution in [0.4, 0.5) is 5.69 Å². The number of rotatable bonds is 6. The van der Waals surface area contributed by atoms with Gasteiger partial charge in [0.15, 0.2) is 5.96 Å². The van der Waals surface area contributed by atoms with Crippen LogP contribution < -0.4 is 16.4 Å². The van der Waals surface area contributed by atoms with Gasteiger partial charge in [-0.15, -0.1) is 0 Å². The Morgan fingerprint density at radius 3 is 2.31 bits per heavy atom. The molecule has 0 spiro atoms. The van der Waals surface area contributed by atoms with Crippen molar-refractivity contribution >= 4 is 17.6 Å². The van der Waals surface area contributed by atoms with Crippen LogP contribution in [-0.4, -0.2) is 17.9 Å². The third-order valence-electron chi connectivity index (χ3n) is 4.13. The Bertz CT molecular complexity index is 761. The van der Waals surface area contributed by atoms with E-state index in [1.165, 1.54) is 11.1 Å². The number of nitrogens with one attached hydrogen (secondary N) is 2. The summed E-state index contributed by atoms with van der Waals surface area (Å²) in [4.78, 5) is 16.4. The Hall–Kier alpha value is -2.82. The first-order valence-electron chi connectivity index (χ1n) is 8.92. The number of benzene rings is 2. The number of carbonyl (C=O) groups is 1. The molecule has 138 valence electrons. The van der Waals surface area contributed by atoms with Crippen LogP contribution in [0.1, 0.15) is 47.3 Å². The summed E-state index contributed by atoms with van der Waals surface area (Å²) in [6, 6.07) is 13.8. The molecule has 0 saturated heterocycles. The summed E-state index contributed by atoms with van der Waals surface area (Å²) in [7, 11) is 0. The van der Waals surface area contributed by atoms with Gasteiger partial charge in [-0.1, -0.05) is 25.1 Å². The maximum absolute atomic E-state index is 12.1. The van der Waals surface area contributed by atoms with Crippen LogP contribution in [-0.2, 0) is 6.54 Å². The maximum atomic E-state index is 12.1. The molecule has 1 amide bonds. The third-order valence-corrected chi connectivity index (χ3v) is 4.13. The molecule has 2 rings (SSSR count). The number of nitrogens with zero attached hydrogens (tertiary/aromatic N) is 1. The van der Waals surface area contributed by atoms with Crippen molar-refractivity contribution in [3.05, 3.63) is 64.7 Å². The van der Waals surface area contributed by atoms with Gasteiger partial charge in [0.05, 0.1) is 6.54 Å². The Kier molecular flexibility index (Phi) is 6.78. The summed E-state index contributed by atoms with van der Waals surface area (Å²) in [5, 5.41) is 6.07. The summed E-state index contributed by atoms with van der Waals surface area (Å²) in [6.07, 6.45) is 0.908. The van der Waals surface area contributed by atoms with Gasteiger partial charge in [-0.2, -0.15) is 0 Å². The average Bonchev–Trinajstić information content (AvgIpc) is 2.59. The molecule has 5 nitrogen and oxygen atoms in total. The van der Waals surface area contributed by atoms with Crippen LogP contribution in [0.3, 0.4) is 0 Å². The molecule has 0 aliphatic rings. The lowest BCUT2D eigenvalue weighted by atomic mass is 10.1. The van der Waals surface area contributed by atoms with E-state index < -0.39 is 0 Å². The molecular weight excluding hydrogens is 324 g/mol. The number of nitrogens with two attached hydrogens (primary N) is 1. The van der Waals surface area contributed by atoms with Crippen LogP contribution >= 0.6 is 0 Å². The Morgan fingerprint density at radius 2 is 1.73 bits per heavy atom. The molecule has 0 radical (unpaired) electrons. The standard InChI is InChI=1S/C21H28N4O/c1-5-16(4)24-20(26)18-8-6-17(7-9-18)13-23-21(22)25-19-11-14(2)10-15(3)12-19/h6-12,16H,5,13H2,1-4H3,(H,24,26)(H3,22,23,25). The number of amides is 1. The molecule has 1 unspecified atom stereocenters. The molecule has 0 aromatic heterocycles. The van der Waals surface area contributed by atoms with Crippen LogP contribution in [0.2, 0.25) is 0 Å². The summed E-state index contributed by atoms with van der Waals surface area (Å²) in [5.41, 5.74) is 10.9. The number of carbonyl (C=O) groups excluding carboxylic acids is 1. The van der Waals surface area contributed by atoms with E-state index in [2.05, 4.69) is 21.7 Å². The van der Waals surface area contributed by atoms with Crippen molar-refractivity contribution in [2.75, 3.05) is 5.32 Å². The first kappa shape index (κ1) is 19.5. The minimum atomic E-state index is -0.0506. The number of anilines is 1. The van der Waals surface area contributed by atoms with Crippen molar-refractivity contribution in [2.45, 2.75) is 46.7 Å². The van der Waals surface area contributed by atoms with Crippen LogP contribution in [0.15, 0.2) is 47.5 Å². The van der Waals surface area contributed by atoms with Crippen LogP contribution in [0.25, 0.3) is 0 Å². The molecule has 0 aliphatic carbocycles. The van der Waals surface area contributed by atoms with E-state index in [-0.39, 0.29) is 11.9 Å². The van der Waals surface area contributed by atoms with Crippen molar-refractivity contribution in [1.82, 2.24) is 5.32 Å². The zero-order valence-corrected chi connectivity index (χ0v) is 16.0. The van der Waals surface area contributed by atoms with Gasteiger partial charge in [-0.25, -0.2) is 4.99 Å². The molecule has 0 fully saturated rings. The van der Waals surface area contributed by atoms with E-state index in [1.807, 2.05) is 64.1 Å². The quantitative estimate of drug-likeness (QED) is 0.547. The molecule has 26 heavy (non-hydrogen) atoms. The fourth-order valence-corrected chi connectivity index (χ4v) is 2.58. The van der Waals surface area contributed by atoms with Gasteiger partial charge >= 0.3 is 0 Å². The highest BCUT2D eigenvalue weighted by atomic mass is 16.1. The monoisotopic (exact) mass is 352 g/mol. The summed E-state index contributed by atoms with van der Waals surface area (Å²) in [6.45, 7) is 8.58. The van der Waals surface area contributed by atoms with Crippen molar-refractivity contribution < 1.29 is 4.79 Å². The smallest absolute Gasteiger partial charge is 0.251 e. The van der Waals surface area contributed by atoms with Gasteiger partial charge in [0.25, 0.3) is 5.91 Å². The van der Waals surface area contributed by atoms with E-state index in [9.17, 15) is 4.79 Å². The molecule has 2 aromatic rings. The van der Waals surface area contributed by atoms with Gasteiger partial charge < -0.3 is 16.4 Å². The fraction of sp³-hybridized carbons (Fsp3) is 0.333. The molecule has 0 aliphatic heterocycles. The minimum Gasteiger partial charge on any atom is -0.370 e. The number of aryl methyl sites for hydroxylation is 2. The molecule has 0 bridgehead atoms. The Labute approximate surface area is 155 Å². The van der Waals surface area contributed by atoms with Gasteiger partial charge in [0.1, 0.15) is 0 Å². The zero-order chi connectivity index (χ0) is 19.1. The van der Waals surface area contributed by atoms with E-state index >= 15 is 0 Å². The lowest BCUT2D eigenvalue weighted by Crippen LogP contribution is -2.31. The lowest BCUT2D eigenvalue weighted by molar-refractivity contribution is 0.0939. The van der Waals surface area contributed by atoms with Gasteiger partial charge in [-0.3, -0.25) is 4.79 Å². The lowest BCUT2D eigenvalue weighted by Gasteiger charge is -2.11. The van der Waals surface area contributed by atoms with Gasteiger partial charge in [0, 0.05) is 17.3 Å². The van der Waals surface area contributed by atoms with E-state index in [0.717, 1.165) is 17.7 Å². The molecule has 0 saturated carbocycles. The average molecular weight is 352 g/mol. The molecule has 4 N–H and O–H groups in total. The number of guanidine groups is 1. The minimum absolute atomic E-state index is 0.0506. The largest absolute Gasteiger partial charge is 0.370 e. The number of hydrogen-bond donors (Lipinski definition) is 3.